The number of benzene rings is 2. The van der Waals surface area contributed by atoms with E-state index < -0.39 is 11.7 Å². The highest BCUT2D eigenvalue weighted by molar-refractivity contribution is 14.1. The molecule has 0 fully saturated rings. The van der Waals surface area contributed by atoms with Gasteiger partial charge in [0, 0.05) is 0 Å². The Labute approximate surface area is 150 Å². The van der Waals surface area contributed by atoms with Crippen molar-refractivity contribution in [2.24, 2.45) is 5.10 Å². The standard InChI is InChI=1S/C16H14F3IN2O2/c1-2-24-14-8-10(7-13(20)15(14)23)9-21-22-12-5-3-11(4-6-12)16(17,18)19/h3-9,22-23H,2H2,1H3/b21-9+. The topological polar surface area (TPSA) is 53.8 Å². The van der Waals surface area contributed by atoms with Crippen molar-refractivity contribution in [3.63, 3.8) is 0 Å². The van der Waals surface area contributed by atoms with Gasteiger partial charge in [-0.3, -0.25) is 5.43 Å². The van der Waals surface area contributed by atoms with Gasteiger partial charge in [0.15, 0.2) is 11.5 Å². The van der Waals surface area contributed by atoms with Gasteiger partial charge >= 0.3 is 6.18 Å². The van der Waals surface area contributed by atoms with Gasteiger partial charge in [-0.2, -0.15) is 18.3 Å². The van der Waals surface area contributed by atoms with Crippen molar-refractivity contribution in [2.45, 2.75) is 13.1 Å². The lowest BCUT2D eigenvalue weighted by molar-refractivity contribution is -0.137. The zero-order valence-electron chi connectivity index (χ0n) is 12.6. The fourth-order valence-corrected chi connectivity index (χ4v) is 2.47. The van der Waals surface area contributed by atoms with Crippen LogP contribution in [-0.2, 0) is 6.18 Å². The fourth-order valence-electron chi connectivity index (χ4n) is 1.85. The minimum atomic E-state index is -4.36. The molecule has 2 aromatic rings. The van der Waals surface area contributed by atoms with E-state index in [9.17, 15) is 18.3 Å². The minimum absolute atomic E-state index is 0.0605. The number of hydrazone groups is 1. The molecule has 128 valence electrons. The molecule has 0 aliphatic rings. The molecule has 0 saturated carbocycles. The maximum absolute atomic E-state index is 12.5. The molecule has 0 aliphatic carbocycles. The quantitative estimate of drug-likeness (QED) is 0.389. The highest BCUT2D eigenvalue weighted by Gasteiger charge is 2.29. The number of phenolic OH excluding ortho intramolecular Hbond substituents is 1. The Morgan fingerprint density at radius 2 is 1.92 bits per heavy atom. The Balaban J connectivity index is 2.09. The fraction of sp³-hybridized carbons (Fsp3) is 0.188. The Bertz CT molecular complexity index is 731. The lowest BCUT2D eigenvalue weighted by Gasteiger charge is -2.08. The number of anilines is 1. The van der Waals surface area contributed by atoms with Crippen LogP contribution in [0.25, 0.3) is 0 Å². The molecule has 0 amide bonds. The third kappa shape index (κ3) is 4.76. The van der Waals surface area contributed by atoms with E-state index in [-0.39, 0.29) is 5.75 Å². The van der Waals surface area contributed by atoms with Crippen LogP contribution in [0.1, 0.15) is 18.1 Å². The molecule has 0 aliphatic heterocycles. The third-order valence-electron chi connectivity index (χ3n) is 2.97. The Morgan fingerprint density at radius 3 is 2.50 bits per heavy atom. The van der Waals surface area contributed by atoms with Gasteiger partial charge in [-0.1, -0.05) is 0 Å². The van der Waals surface area contributed by atoms with Crippen molar-refractivity contribution >= 4 is 34.5 Å². The molecule has 0 unspecified atom stereocenters. The van der Waals surface area contributed by atoms with Crippen LogP contribution in [0.4, 0.5) is 18.9 Å². The summed E-state index contributed by atoms with van der Waals surface area (Å²) in [5.41, 5.74) is 3.05. The molecule has 0 spiro atoms. The van der Waals surface area contributed by atoms with Gasteiger partial charge < -0.3 is 9.84 Å². The first-order valence-electron chi connectivity index (χ1n) is 6.93. The predicted molar refractivity (Wildman–Crippen MR) is 94.7 cm³/mol. The zero-order chi connectivity index (χ0) is 17.7. The van der Waals surface area contributed by atoms with Crippen molar-refractivity contribution in [1.82, 2.24) is 0 Å². The van der Waals surface area contributed by atoms with E-state index >= 15 is 0 Å². The number of rotatable bonds is 5. The molecule has 0 atom stereocenters. The number of nitrogens with one attached hydrogen (secondary N) is 1. The molecule has 24 heavy (non-hydrogen) atoms. The van der Waals surface area contributed by atoms with Crippen LogP contribution in [0.15, 0.2) is 41.5 Å². The van der Waals surface area contributed by atoms with Gasteiger partial charge in [-0.05, 0) is 71.5 Å². The number of hydrogen-bond donors (Lipinski definition) is 2. The molecule has 8 heteroatoms. The molecule has 0 radical (unpaired) electrons. The molecule has 0 bridgehead atoms. The van der Waals surface area contributed by atoms with Gasteiger partial charge in [-0.25, -0.2) is 0 Å². The maximum atomic E-state index is 12.5. The molecule has 0 saturated heterocycles. The summed E-state index contributed by atoms with van der Waals surface area (Å²) in [5.74, 6) is 0.408. The monoisotopic (exact) mass is 450 g/mol. The molecule has 2 aromatic carbocycles. The minimum Gasteiger partial charge on any atom is -0.504 e. The summed E-state index contributed by atoms with van der Waals surface area (Å²) in [6, 6.07) is 7.89. The molecule has 2 N–H and O–H groups in total. The van der Waals surface area contributed by atoms with Crippen LogP contribution in [-0.4, -0.2) is 17.9 Å². The lowest BCUT2D eigenvalue weighted by Crippen LogP contribution is -2.04. The first-order valence-corrected chi connectivity index (χ1v) is 8.00. The molecular formula is C16H14F3IN2O2. The number of hydrogen-bond acceptors (Lipinski definition) is 4. The molecule has 0 heterocycles. The average molecular weight is 450 g/mol. The van der Waals surface area contributed by atoms with Crippen LogP contribution >= 0.6 is 22.6 Å². The second kappa shape index (κ2) is 7.73. The highest BCUT2D eigenvalue weighted by Crippen LogP contribution is 2.32. The van der Waals surface area contributed by atoms with E-state index in [0.29, 0.717) is 27.2 Å². The number of phenols is 1. The first-order chi connectivity index (χ1) is 11.3. The van der Waals surface area contributed by atoms with E-state index in [1.807, 2.05) is 22.6 Å². The Morgan fingerprint density at radius 1 is 1.25 bits per heavy atom. The number of aromatic hydroxyl groups is 1. The Hall–Kier alpha value is -1.97. The summed E-state index contributed by atoms with van der Waals surface area (Å²) in [5, 5.41) is 13.8. The van der Waals surface area contributed by atoms with Gasteiger partial charge in [0.05, 0.1) is 27.6 Å². The van der Waals surface area contributed by atoms with Gasteiger partial charge in [0.25, 0.3) is 0 Å². The van der Waals surface area contributed by atoms with E-state index in [1.165, 1.54) is 18.3 Å². The number of halogens is 4. The summed E-state index contributed by atoms with van der Waals surface area (Å²) < 4.78 is 43.4. The highest BCUT2D eigenvalue weighted by atomic mass is 127. The lowest BCUT2D eigenvalue weighted by atomic mass is 10.2. The first kappa shape index (κ1) is 18.4. The molecular weight excluding hydrogens is 436 g/mol. The maximum Gasteiger partial charge on any atom is 0.416 e. The summed E-state index contributed by atoms with van der Waals surface area (Å²) in [6.45, 7) is 2.22. The molecule has 0 aromatic heterocycles. The number of ether oxygens (including phenoxy) is 1. The summed E-state index contributed by atoms with van der Waals surface area (Å²) in [4.78, 5) is 0. The van der Waals surface area contributed by atoms with Crippen LogP contribution in [0.5, 0.6) is 11.5 Å². The van der Waals surface area contributed by atoms with Crippen molar-refractivity contribution in [1.29, 1.82) is 0 Å². The van der Waals surface area contributed by atoms with Crippen molar-refractivity contribution < 1.29 is 23.0 Å². The number of alkyl halides is 3. The zero-order valence-corrected chi connectivity index (χ0v) is 14.7. The second-order valence-electron chi connectivity index (χ2n) is 4.73. The van der Waals surface area contributed by atoms with Crippen molar-refractivity contribution in [3.8, 4) is 11.5 Å². The van der Waals surface area contributed by atoms with Gasteiger partial charge in [0.2, 0.25) is 0 Å². The molecule has 4 nitrogen and oxygen atoms in total. The second-order valence-corrected chi connectivity index (χ2v) is 5.89. The summed E-state index contributed by atoms with van der Waals surface area (Å²) >= 11 is 1.97. The van der Waals surface area contributed by atoms with Gasteiger partial charge in [-0.15, -0.1) is 0 Å². The van der Waals surface area contributed by atoms with E-state index in [2.05, 4.69) is 10.5 Å². The smallest absolute Gasteiger partial charge is 0.416 e. The van der Waals surface area contributed by atoms with E-state index in [1.54, 1.807) is 19.1 Å². The van der Waals surface area contributed by atoms with E-state index in [0.717, 1.165) is 12.1 Å². The normalized spacial score (nSPS) is 11.7. The van der Waals surface area contributed by atoms with Gasteiger partial charge in [0.1, 0.15) is 0 Å². The van der Waals surface area contributed by atoms with E-state index in [4.69, 9.17) is 4.74 Å². The number of nitrogens with zero attached hydrogens (tertiary/aromatic N) is 1. The van der Waals surface area contributed by atoms with Crippen LogP contribution < -0.4 is 10.2 Å². The molecule has 2 rings (SSSR count). The summed E-state index contributed by atoms with van der Waals surface area (Å²) in [6.07, 6.45) is -2.87. The van der Waals surface area contributed by atoms with Crippen LogP contribution in [0, 0.1) is 3.57 Å². The largest absolute Gasteiger partial charge is 0.504 e. The van der Waals surface area contributed by atoms with Crippen molar-refractivity contribution in [3.05, 3.63) is 51.1 Å². The van der Waals surface area contributed by atoms with Crippen LogP contribution in [0.3, 0.4) is 0 Å². The Kier molecular flexibility index (Phi) is 5.92. The predicted octanol–water partition coefficient (Wildman–Crippen LogP) is 4.86. The van der Waals surface area contributed by atoms with Crippen LogP contribution in [0.2, 0.25) is 0 Å². The SMILES string of the molecule is CCOc1cc(/C=N/Nc2ccc(C(F)(F)F)cc2)cc(I)c1O. The summed E-state index contributed by atoms with van der Waals surface area (Å²) in [7, 11) is 0. The average Bonchev–Trinajstić information content (AvgIpc) is 2.52. The van der Waals surface area contributed by atoms with Crippen molar-refractivity contribution in [2.75, 3.05) is 12.0 Å². The third-order valence-corrected chi connectivity index (χ3v) is 3.79.